The molecule has 3 aromatic carbocycles. The Kier molecular flexibility index (Phi) is 6.09. The van der Waals surface area contributed by atoms with Crippen LogP contribution in [0.4, 0.5) is 5.69 Å². The van der Waals surface area contributed by atoms with Crippen molar-refractivity contribution in [2.45, 2.75) is 11.8 Å². The summed E-state index contributed by atoms with van der Waals surface area (Å²) in [6, 6.07) is 17.6. The SMILES string of the molecule is COc1ccc(S(=O)(=O)Nc2ccccc2C#Cc2ccc(C(=O)O)cc2)cc1C. The summed E-state index contributed by atoms with van der Waals surface area (Å²) >= 11 is 0. The maximum atomic E-state index is 12.8. The van der Waals surface area contributed by atoms with Gasteiger partial charge in [0.1, 0.15) is 5.75 Å². The Hall–Kier alpha value is -3.76. The van der Waals surface area contributed by atoms with E-state index < -0.39 is 16.0 Å². The molecule has 0 saturated heterocycles. The number of carbonyl (C=O) groups is 1. The number of rotatable bonds is 5. The fourth-order valence-electron chi connectivity index (χ4n) is 2.74. The lowest BCUT2D eigenvalue weighted by molar-refractivity contribution is 0.0697. The maximum Gasteiger partial charge on any atom is 0.335 e. The second-order valence-corrected chi connectivity index (χ2v) is 8.10. The Morgan fingerprint density at radius 2 is 1.70 bits per heavy atom. The quantitative estimate of drug-likeness (QED) is 0.610. The summed E-state index contributed by atoms with van der Waals surface area (Å²) < 4.78 is 33.4. The first-order valence-corrected chi connectivity index (χ1v) is 10.4. The third-order valence-corrected chi connectivity index (χ3v) is 5.68. The molecule has 0 saturated carbocycles. The number of aryl methyl sites for hydroxylation is 1. The molecule has 0 aromatic heterocycles. The first kappa shape index (κ1) is 21.0. The van der Waals surface area contributed by atoms with Crippen molar-refractivity contribution in [1.29, 1.82) is 0 Å². The van der Waals surface area contributed by atoms with E-state index in [0.29, 0.717) is 28.1 Å². The van der Waals surface area contributed by atoms with E-state index in [9.17, 15) is 13.2 Å². The number of carboxylic acid groups (broad SMARTS) is 1. The first-order chi connectivity index (χ1) is 14.3. The number of nitrogens with one attached hydrogen (secondary N) is 1. The van der Waals surface area contributed by atoms with Crippen LogP contribution in [0.15, 0.2) is 71.6 Å². The van der Waals surface area contributed by atoms with E-state index in [1.165, 1.54) is 25.3 Å². The fraction of sp³-hybridized carbons (Fsp3) is 0.0870. The normalized spacial score (nSPS) is 10.6. The largest absolute Gasteiger partial charge is 0.496 e. The van der Waals surface area contributed by atoms with Gasteiger partial charge in [-0.1, -0.05) is 24.0 Å². The van der Waals surface area contributed by atoms with Gasteiger partial charge in [-0.2, -0.15) is 0 Å². The highest BCUT2D eigenvalue weighted by molar-refractivity contribution is 7.92. The number of hydrogen-bond donors (Lipinski definition) is 2. The molecule has 3 rings (SSSR count). The first-order valence-electron chi connectivity index (χ1n) is 8.92. The van der Waals surface area contributed by atoms with Crippen molar-refractivity contribution in [2.24, 2.45) is 0 Å². The van der Waals surface area contributed by atoms with Gasteiger partial charge in [0.15, 0.2) is 0 Å². The van der Waals surface area contributed by atoms with Crippen LogP contribution in [-0.4, -0.2) is 26.6 Å². The molecule has 0 aliphatic rings. The van der Waals surface area contributed by atoms with E-state index in [4.69, 9.17) is 9.84 Å². The van der Waals surface area contributed by atoms with Gasteiger partial charge >= 0.3 is 5.97 Å². The third-order valence-electron chi connectivity index (χ3n) is 4.32. The Morgan fingerprint density at radius 1 is 1.00 bits per heavy atom. The third kappa shape index (κ3) is 4.80. The van der Waals surface area contributed by atoms with Crippen LogP contribution in [0.3, 0.4) is 0 Å². The van der Waals surface area contributed by atoms with Crippen molar-refractivity contribution in [2.75, 3.05) is 11.8 Å². The molecule has 2 N–H and O–H groups in total. The van der Waals surface area contributed by atoms with Crippen LogP contribution >= 0.6 is 0 Å². The zero-order valence-corrected chi connectivity index (χ0v) is 17.2. The highest BCUT2D eigenvalue weighted by atomic mass is 32.2. The lowest BCUT2D eigenvalue weighted by Gasteiger charge is -2.11. The molecule has 0 heterocycles. The fourth-order valence-corrected chi connectivity index (χ4v) is 3.90. The monoisotopic (exact) mass is 421 g/mol. The Bertz CT molecular complexity index is 1250. The van der Waals surface area contributed by atoms with Crippen molar-refractivity contribution in [3.63, 3.8) is 0 Å². The van der Waals surface area contributed by atoms with Crippen LogP contribution in [0.25, 0.3) is 0 Å². The second-order valence-electron chi connectivity index (χ2n) is 6.42. The topological polar surface area (TPSA) is 92.7 Å². The van der Waals surface area contributed by atoms with Gasteiger partial charge in [-0.15, -0.1) is 0 Å². The standard InChI is InChI=1S/C23H19NO5S/c1-16-15-20(13-14-22(16)29-2)30(27,28)24-21-6-4-3-5-18(21)10-7-17-8-11-19(12-9-17)23(25)26/h3-6,8-9,11-15,24H,1-2H3,(H,25,26). The molecule has 0 atom stereocenters. The second kappa shape index (κ2) is 8.72. The summed E-state index contributed by atoms with van der Waals surface area (Å²) in [5.74, 6) is 5.46. The summed E-state index contributed by atoms with van der Waals surface area (Å²) in [6.07, 6.45) is 0. The average Bonchev–Trinajstić information content (AvgIpc) is 2.73. The number of methoxy groups -OCH3 is 1. The van der Waals surface area contributed by atoms with Crippen LogP contribution < -0.4 is 9.46 Å². The Balaban J connectivity index is 1.89. The summed E-state index contributed by atoms with van der Waals surface area (Å²) in [5, 5.41) is 8.96. The molecule has 0 aliphatic heterocycles. The van der Waals surface area contributed by atoms with E-state index in [1.807, 2.05) is 0 Å². The lowest BCUT2D eigenvalue weighted by Crippen LogP contribution is -2.14. The Labute approximate surface area is 175 Å². The lowest BCUT2D eigenvalue weighted by atomic mass is 10.1. The molecule has 0 aliphatic carbocycles. The summed E-state index contributed by atoms with van der Waals surface area (Å²) in [4.78, 5) is 11.1. The van der Waals surface area contributed by atoms with Gasteiger partial charge in [0.25, 0.3) is 10.0 Å². The molecule has 30 heavy (non-hydrogen) atoms. The summed E-state index contributed by atoms with van der Waals surface area (Å²) in [7, 11) is -2.29. The molecule has 0 fully saturated rings. The van der Waals surface area contributed by atoms with Crippen molar-refractivity contribution >= 4 is 21.7 Å². The minimum atomic E-state index is -3.82. The average molecular weight is 421 g/mol. The number of ether oxygens (including phenoxy) is 1. The highest BCUT2D eigenvalue weighted by Crippen LogP contribution is 2.24. The summed E-state index contributed by atoms with van der Waals surface area (Å²) in [6.45, 7) is 1.77. The van der Waals surface area contributed by atoms with Crippen molar-refractivity contribution in [1.82, 2.24) is 0 Å². The molecule has 7 heteroatoms. The van der Waals surface area contributed by atoms with Gasteiger partial charge < -0.3 is 9.84 Å². The molecule has 0 spiro atoms. The molecule has 0 unspecified atom stereocenters. The van der Waals surface area contributed by atoms with Crippen molar-refractivity contribution in [3.8, 4) is 17.6 Å². The molecular weight excluding hydrogens is 402 g/mol. The van der Waals surface area contributed by atoms with Crippen LogP contribution in [0.5, 0.6) is 5.75 Å². The van der Waals surface area contributed by atoms with Gasteiger partial charge in [-0.25, -0.2) is 13.2 Å². The molecule has 6 nitrogen and oxygen atoms in total. The van der Waals surface area contributed by atoms with Crippen molar-refractivity contribution < 1.29 is 23.1 Å². The van der Waals surface area contributed by atoms with E-state index in [1.54, 1.807) is 55.5 Å². The van der Waals surface area contributed by atoms with Crippen LogP contribution in [0.1, 0.15) is 27.0 Å². The number of hydrogen-bond acceptors (Lipinski definition) is 4. The predicted octanol–water partition coefficient (Wildman–Crippen LogP) is 3.90. The van der Waals surface area contributed by atoms with E-state index >= 15 is 0 Å². The van der Waals surface area contributed by atoms with Gasteiger partial charge in [-0.3, -0.25) is 4.72 Å². The number of carboxylic acids is 1. The number of para-hydroxylation sites is 1. The van der Waals surface area contributed by atoms with Crippen LogP contribution in [0.2, 0.25) is 0 Å². The zero-order valence-electron chi connectivity index (χ0n) is 16.3. The zero-order chi connectivity index (χ0) is 21.7. The van der Waals surface area contributed by atoms with Gasteiger partial charge in [0, 0.05) is 11.1 Å². The molecular formula is C23H19NO5S. The smallest absolute Gasteiger partial charge is 0.335 e. The molecule has 0 bridgehead atoms. The minimum Gasteiger partial charge on any atom is -0.496 e. The molecule has 0 amide bonds. The molecule has 3 aromatic rings. The molecule has 152 valence electrons. The van der Waals surface area contributed by atoms with E-state index in [2.05, 4.69) is 16.6 Å². The van der Waals surface area contributed by atoms with Crippen LogP contribution in [0, 0.1) is 18.8 Å². The number of aromatic carboxylic acids is 1. The highest BCUT2D eigenvalue weighted by Gasteiger charge is 2.17. The van der Waals surface area contributed by atoms with Crippen molar-refractivity contribution in [3.05, 3.63) is 89.0 Å². The Morgan fingerprint density at radius 3 is 2.33 bits per heavy atom. The van der Waals surface area contributed by atoms with Crippen LogP contribution in [-0.2, 0) is 10.0 Å². The molecule has 0 radical (unpaired) electrons. The summed E-state index contributed by atoms with van der Waals surface area (Å²) in [5.41, 5.74) is 2.33. The predicted molar refractivity (Wildman–Crippen MR) is 114 cm³/mol. The van der Waals surface area contributed by atoms with E-state index in [0.717, 1.165) is 0 Å². The minimum absolute atomic E-state index is 0.118. The van der Waals surface area contributed by atoms with Gasteiger partial charge in [0.05, 0.1) is 23.3 Å². The number of anilines is 1. The maximum absolute atomic E-state index is 12.8. The van der Waals surface area contributed by atoms with Gasteiger partial charge in [-0.05, 0) is 67.1 Å². The van der Waals surface area contributed by atoms with E-state index in [-0.39, 0.29) is 10.5 Å². The number of benzene rings is 3. The van der Waals surface area contributed by atoms with Gasteiger partial charge in [0.2, 0.25) is 0 Å². The number of sulfonamides is 1.